The topological polar surface area (TPSA) is 70.5 Å². The Morgan fingerprint density at radius 2 is 1.61 bits per heavy atom. The number of carbonyl (C=O) groups is 2. The number of pyridine rings is 1. The van der Waals surface area contributed by atoms with Crippen molar-refractivity contribution in [3.8, 4) is 22.4 Å². The van der Waals surface area contributed by atoms with Crippen molar-refractivity contribution in [3.63, 3.8) is 0 Å². The van der Waals surface area contributed by atoms with Crippen LogP contribution in [0.15, 0.2) is 66.7 Å². The van der Waals surface area contributed by atoms with Gasteiger partial charge in [0.2, 0.25) is 0 Å². The zero-order valence-electron chi connectivity index (χ0n) is 21.3. The SMILES string of the molecule is CC(C)c1nc2c(c(-c3ccc(F)cc3)c1CO)CCCc1cc(N3C(=O)c4ccccc4C3=O)ccc1-2. The summed E-state index contributed by atoms with van der Waals surface area (Å²) in [6.45, 7) is 3.93. The molecule has 2 amide bonds. The average molecular weight is 507 g/mol. The number of hydrogen-bond donors (Lipinski definition) is 1. The van der Waals surface area contributed by atoms with E-state index in [2.05, 4.69) is 0 Å². The predicted molar refractivity (Wildman–Crippen MR) is 145 cm³/mol. The van der Waals surface area contributed by atoms with Crippen LogP contribution >= 0.6 is 0 Å². The lowest BCUT2D eigenvalue weighted by atomic mass is 9.87. The number of aliphatic hydroxyl groups is 1. The number of amides is 2. The van der Waals surface area contributed by atoms with Gasteiger partial charge >= 0.3 is 0 Å². The van der Waals surface area contributed by atoms with Gasteiger partial charge in [-0.05, 0) is 83.8 Å². The number of aliphatic hydroxyl groups excluding tert-OH is 1. The van der Waals surface area contributed by atoms with Gasteiger partial charge in [0.25, 0.3) is 11.8 Å². The summed E-state index contributed by atoms with van der Waals surface area (Å²) in [5.41, 5.74) is 8.56. The highest BCUT2D eigenvalue weighted by Gasteiger charge is 2.37. The maximum atomic E-state index is 13.8. The molecular weight excluding hydrogens is 479 g/mol. The fourth-order valence-electron chi connectivity index (χ4n) is 5.79. The van der Waals surface area contributed by atoms with E-state index in [0.29, 0.717) is 16.8 Å². The van der Waals surface area contributed by atoms with Crippen LogP contribution in [0.4, 0.5) is 10.1 Å². The number of anilines is 1. The zero-order chi connectivity index (χ0) is 26.6. The number of carbonyl (C=O) groups excluding carboxylic acids is 2. The van der Waals surface area contributed by atoms with Gasteiger partial charge < -0.3 is 5.11 Å². The molecule has 2 heterocycles. The van der Waals surface area contributed by atoms with Crippen molar-refractivity contribution in [2.24, 2.45) is 0 Å². The molecule has 1 aromatic heterocycles. The third-order valence-corrected chi connectivity index (χ3v) is 7.54. The molecule has 5 nitrogen and oxygen atoms in total. The van der Waals surface area contributed by atoms with E-state index in [1.807, 2.05) is 32.0 Å². The molecule has 0 atom stereocenters. The number of hydrogen-bond acceptors (Lipinski definition) is 4. The Bertz CT molecular complexity index is 1570. The fraction of sp³-hybridized carbons (Fsp3) is 0.219. The molecule has 0 unspecified atom stereocenters. The van der Waals surface area contributed by atoms with Crippen LogP contribution in [0, 0.1) is 5.82 Å². The van der Waals surface area contributed by atoms with Crippen molar-refractivity contribution in [2.45, 2.75) is 45.6 Å². The summed E-state index contributed by atoms with van der Waals surface area (Å²) in [6.07, 6.45) is 2.31. The van der Waals surface area contributed by atoms with Crippen LogP contribution in [0.5, 0.6) is 0 Å². The second-order valence-electron chi connectivity index (χ2n) is 10.2. The molecule has 0 spiro atoms. The summed E-state index contributed by atoms with van der Waals surface area (Å²) in [7, 11) is 0. The number of nitrogens with zero attached hydrogens (tertiary/aromatic N) is 2. The van der Waals surface area contributed by atoms with Crippen LogP contribution in [0.3, 0.4) is 0 Å². The van der Waals surface area contributed by atoms with Crippen LogP contribution in [-0.4, -0.2) is 21.9 Å². The third-order valence-electron chi connectivity index (χ3n) is 7.54. The molecule has 3 aromatic carbocycles. The Morgan fingerprint density at radius 3 is 2.24 bits per heavy atom. The first-order valence-corrected chi connectivity index (χ1v) is 12.9. The second kappa shape index (κ2) is 9.30. The number of rotatable bonds is 4. The molecule has 6 rings (SSSR count). The van der Waals surface area contributed by atoms with Crippen LogP contribution in [-0.2, 0) is 19.4 Å². The van der Waals surface area contributed by atoms with Crippen molar-refractivity contribution < 1.29 is 19.1 Å². The molecule has 6 heteroatoms. The molecule has 190 valence electrons. The molecule has 4 aromatic rings. The van der Waals surface area contributed by atoms with Crippen molar-refractivity contribution in [2.75, 3.05) is 4.90 Å². The molecule has 1 N–H and O–H groups in total. The van der Waals surface area contributed by atoms with Gasteiger partial charge in [-0.1, -0.05) is 44.2 Å². The molecule has 2 aliphatic rings. The Morgan fingerprint density at radius 1 is 0.921 bits per heavy atom. The van der Waals surface area contributed by atoms with E-state index in [4.69, 9.17) is 4.98 Å². The molecule has 0 saturated carbocycles. The molecule has 1 aliphatic heterocycles. The van der Waals surface area contributed by atoms with Crippen molar-refractivity contribution >= 4 is 17.5 Å². The number of aromatic nitrogens is 1. The van der Waals surface area contributed by atoms with Gasteiger partial charge in [-0.25, -0.2) is 9.29 Å². The van der Waals surface area contributed by atoms with Crippen LogP contribution in [0.2, 0.25) is 0 Å². The molecular formula is C32H27FN2O3. The van der Waals surface area contributed by atoms with E-state index in [9.17, 15) is 19.1 Å². The Kier molecular flexibility index (Phi) is 5.92. The van der Waals surface area contributed by atoms with Crippen LogP contribution < -0.4 is 4.90 Å². The largest absolute Gasteiger partial charge is 0.392 e. The number of halogens is 1. The molecule has 0 fully saturated rings. The first-order valence-electron chi connectivity index (χ1n) is 12.9. The Balaban J connectivity index is 1.53. The van der Waals surface area contributed by atoms with E-state index in [0.717, 1.165) is 64.0 Å². The monoisotopic (exact) mass is 506 g/mol. The normalized spacial score (nSPS) is 14.4. The molecule has 0 saturated heterocycles. The maximum absolute atomic E-state index is 13.8. The summed E-state index contributed by atoms with van der Waals surface area (Å²) >= 11 is 0. The minimum Gasteiger partial charge on any atom is -0.392 e. The highest BCUT2D eigenvalue weighted by Crippen LogP contribution is 2.42. The van der Waals surface area contributed by atoms with E-state index in [1.54, 1.807) is 36.4 Å². The van der Waals surface area contributed by atoms with E-state index < -0.39 is 0 Å². The summed E-state index contributed by atoms with van der Waals surface area (Å²) in [5.74, 6) is -0.877. The van der Waals surface area contributed by atoms with Gasteiger partial charge in [0.15, 0.2) is 0 Å². The lowest BCUT2D eigenvalue weighted by Gasteiger charge is -2.22. The highest BCUT2D eigenvalue weighted by molar-refractivity contribution is 6.34. The van der Waals surface area contributed by atoms with Gasteiger partial charge in [0.1, 0.15) is 5.82 Å². The van der Waals surface area contributed by atoms with E-state index >= 15 is 0 Å². The number of benzene rings is 3. The van der Waals surface area contributed by atoms with E-state index in [1.165, 1.54) is 17.0 Å². The Labute approximate surface area is 220 Å². The molecule has 38 heavy (non-hydrogen) atoms. The van der Waals surface area contributed by atoms with Crippen LogP contribution in [0.25, 0.3) is 22.4 Å². The van der Waals surface area contributed by atoms with Gasteiger partial charge in [0, 0.05) is 16.8 Å². The Hall–Kier alpha value is -4.16. The predicted octanol–water partition coefficient (Wildman–Crippen LogP) is 6.46. The number of aryl methyl sites for hydroxylation is 1. The zero-order valence-corrected chi connectivity index (χ0v) is 21.3. The summed E-state index contributed by atoms with van der Waals surface area (Å²) in [5, 5.41) is 10.4. The van der Waals surface area contributed by atoms with E-state index in [-0.39, 0.29) is 30.2 Å². The fourth-order valence-corrected chi connectivity index (χ4v) is 5.79. The number of imide groups is 1. The molecule has 1 aliphatic carbocycles. The minimum atomic E-state index is -0.314. The molecule has 0 radical (unpaired) electrons. The lowest BCUT2D eigenvalue weighted by Crippen LogP contribution is -2.29. The smallest absolute Gasteiger partial charge is 0.266 e. The highest BCUT2D eigenvalue weighted by atomic mass is 19.1. The average Bonchev–Trinajstić information content (AvgIpc) is 3.06. The first kappa shape index (κ1) is 24.2. The van der Waals surface area contributed by atoms with Crippen LogP contribution in [0.1, 0.15) is 69.3 Å². The maximum Gasteiger partial charge on any atom is 0.266 e. The van der Waals surface area contributed by atoms with Gasteiger partial charge in [-0.2, -0.15) is 0 Å². The quantitative estimate of drug-likeness (QED) is 0.323. The first-order chi connectivity index (χ1) is 18.4. The number of fused-ring (bicyclic) bond motifs is 4. The van der Waals surface area contributed by atoms with Crippen molar-refractivity contribution in [1.29, 1.82) is 0 Å². The lowest BCUT2D eigenvalue weighted by molar-refractivity contribution is 0.0926. The van der Waals surface area contributed by atoms with Gasteiger partial charge in [0.05, 0.1) is 29.1 Å². The van der Waals surface area contributed by atoms with Gasteiger partial charge in [-0.15, -0.1) is 0 Å². The summed E-state index contributed by atoms with van der Waals surface area (Å²) in [4.78, 5) is 32.5. The standard InChI is InChI=1S/C32H27FN2O3/c1-18(2)29-27(17-36)28(19-10-12-21(33)13-11-19)26-9-5-6-20-16-22(14-15-23(20)30(26)34-29)35-31(37)24-7-3-4-8-25(24)32(35)38/h3-4,7-8,10-16,18,36H,5-6,9,17H2,1-2H3. The molecule has 0 bridgehead atoms. The minimum absolute atomic E-state index is 0.0611. The van der Waals surface area contributed by atoms with Crippen molar-refractivity contribution in [1.82, 2.24) is 4.98 Å². The summed E-state index contributed by atoms with van der Waals surface area (Å²) < 4.78 is 13.8. The van der Waals surface area contributed by atoms with Gasteiger partial charge in [-0.3, -0.25) is 14.6 Å². The second-order valence-corrected chi connectivity index (χ2v) is 10.2. The third kappa shape index (κ3) is 3.75. The summed E-state index contributed by atoms with van der Waals surface area (Å²) in [6, 6.07) is 19.0. The van der Waals surface area contributed by atoms with Crippen molar-refractivity contribution in [3.05, 3.63) is 106 Å².